The molecule has 0 radical (unpaired) electrons. The predicted octanol–water partition coefficient (Wildman–Crippen LogP) is 3.88. The molecule has 22 heavy (non-hydrogen) atoms. The minimum atomic E-state index is -0.586. The Bertz CT molecular complexity index is 724. The Kier molecular flexibility index (Phi) is 5.73. The molecule has 4 nitrogen and oxygen atoms in total. The zero-order valence-corrected chi connectivity index (χ0v) is 14.0. The van der Waals surface area contributed by atoms with Crippen molar-refractivity contribution in [3.8, 4) is 0 Å². The molecule has 1 amide bonds. The SMILES string of the molecule is O=C(COC(=O)c1ccccc1I)Nc1ccc(F)c(Cl)c1. The number of benzene rings is 2. The maximum Gasteiger partial charge on any atom is 0.339 e. The highest BCUT2D eigenvalue weighted by Gasteiger charge is 2.13. The molecule has 2 aromatic rings. The van der Waals surface area contributed by atoms with Crippen molar-refractivity contribution in [3.05, 3.63) is 62.4 Å². The number of carbonyl (C=O) groups is 2. The highest BCUT2D eigenvalue weighted by Crippen LogP contribution is 2.19. The van der Waals surface area contributed by atoms with Gasteiger partial charge < -0.3 is 10.1 Å². The Labute approximate surface area is 144 Å². The van der Waals surface area contributed by atoms with Gasteiger partial charge in [0.2, 0.25) is 0 Å². The van der Waals surface area contributed by atoms with Crippen molar-refractivity contribution in [1.82, 2.24) is 0 Å². The number of nitrogens with one attached hydrogen (secondary N) is 1. The summed E-state index contributed by atoms with van der Waals surface area (Å²) in [5, 5.41) is 2.36. The molecule has 0 heterocycles. The molecular weight excluding hydrogens is 424 g/mol. The molecule has 2 rings (SSSR count). The van der Waals surface area contributed by atoms with E-state index in [0.29, 0.717) is 11.3 Å². The van der Waals surface area contributed by atoms with Crippen molar-refractivity contribution >= 4 is 51.8 Å². The molecule has 2 aromatic carbocycles. The van der Waals surface area contributed by atoms with Gasteiger partial charge in [-0.05, 0) is 52.9 Å². The van der Waals surface area contributed by atoms with Crippen LogP contribution in [0.5, 0.6) is 0 Å². The third-order valence-corrected chi connectivity index (χ3v) is 3.86. The zero-order chi connectivity index (χ0) is 16.1. The number of rotatable bonds is 4. The van der Waals surface area contributed by atoms with Gasteiger partial charge in [0.15, 0.2) is 6.61 Å². The van der Waals surface area contributed by atoms with Crippen molar-refractivity contribution in [1.29, 1.82) is 0 Å². The van der Waals surface area contributed by atoms with Crippen LogP contribution in [-0.2, 0) is 9.53 Å². The molecule has 0 aliphatic carbocycles. The Morgan fingerprint density at radius 3 is 2.64 bits per heavy atom. The van der Waals surface area contributed by atoms with Crippen LogP contribution in [0, 0.1) is 9.39 Å². The van der Waals surface area contributed by atoms with Gasteiger partial charge >= 0.3 is 5.97 Å². The number of halogens is 3. The van der Waals surface area contributed by atoms with E-state index in [1.165, 1.54) is 12.1 Å². The molecule has 0 aromatic heterocycles. The molecule has 0 aliphatic heterocycles. The Morgan fingerprint density at radius 2 is 1.95 bits per heavy atom. The molecular formula is C15H10ClFINO3. The summed E-state index contributed by atoms with van der Waals surface area (Å²) in [6.45, 7) is -0.446. The average Bonchev–Trinajstić information content (AvgIpc) is 2.49. The standard InChI is InChI=1S/C15H10ClFINO3/c16-11-7-9(5-6-12(11)17)19-14(20)8-22-15(21)10-3-1-2-4-13(10)18/h1-7H,8H2,(H,19,20). The number of carbonyl (C=O) groups excluding carboxylic acids is 2. The van der Waals surface area contributed by atoms with E-state index >= 15 is 0 Å². The zero-order valence-electron chi connectivity index (χ0n) is 11.1. The largest absolute Gasteiger partial charge is 0.452 e. The minimum Gasteiger partial charge on any atom is -0.452 e. The average molecular weight is 434 g/mol. The number of esters is 1. The fraction of sp³-hybridized carbons (Fsp3) is 0.0667. The van der Waals surface area contributed by atoms with Crippen LogP contribution in [0.1, 0.15) is 10.4 Å². The lowest BCUT2D eigenvalue weighted by molar-refractivity contribution is -0.119. The van der Waals surface area contributed by atoms with E-state index in [2.05, 4.69) is 5.32 Å². The Balaban J connectivity index is 1.91. The molecule has 0 fully saturated rings. The van der Waals surface area contributed by atoms with Gasteiger partial charge in [-0.15, -0.1) is 0 Å². The molecule has 0 bridgehead atoms. The smallest absolute Gasteiger partial charge is 0.339 e. The van der Waals surface area contributed by atoms with Gasteiger partial charge in [0.25, 0.3) is 5.91 Å². The molecule has 0 aliphatic rings. The van der Waals surface area contributed by atoms with Crippen molar-refractivity contribution in [3.63, 3.8) is 0 Å². The number of anilines is 1. The fourth-order valence-corrected chi connectivity index (χ4v) is 2.39. The molecule has 0 unspecified atom stereocenters. The summed E-state index contributed by atoms with van der Waals surface area (Å²) in [4.78, 5) is 23.5. The monoisotopic (exact) mass is 433 g/mol. The molecule has 0 spiro atoms. The summed E-state index contributed by atoms with van der Waals surface area (Å²) < 4.78 is 18.7. The lowest BCUT2D eigenvalue weighted by Gasteiger charge is -2.08. The number of hydrogen-bond donors (Lipinski definition) is 1. The quantitative estimate of drug-likeness (QED) is 0.588. The number of hydrogen-bond acceptors (Lipinski definition) is 3. The van der Waals surface area contributed by atoms with Gasteiger partial charge in [-0.1, -0.05) is 23.7 Å². The summed E-state index contributed by atoms with van der Waals surface area (Å²) in [6, 6.07) is 10.6. The molecule has 1 N–H and O–H groups in total. The van der Waals surface area contributed by atoms with Crippen LogP contribution in [0.15, 0.2) is 42.5 Å². The Morgan fingerprint density at radius 1 is 1.23 bits per heavy atom. The molecule has 114 valence electrons. The van der Waals surface area contributed by atoms with Crippen LogP contribution >= 0.6 is 34.2 Å². The first kappa shape index (κ1) is 16.7. The van der Waals surface area contributed by atoms with Crippen molar-refractivity contribution in [2.75, 3.05) is 11.9 Å². The summed E-state index contributed by atoms with van der Waals surface area (Å²) in [5.74, 6) is -1.70. The van der Waals surface area contributed by atoms with Crippen LogP contribution in [-0.4, -0.2) is 18.5 Å². The minimum absolute atomic E-state index is 0.103. The van der Waals surface area contributed by atoms with Crippen molar-refractivity contribution in [2.45, 2.75) is 0 Å². The summed E-state index contributed by atoms with van der Waals surface area (Å²) in [5.41, 5.74) is 0.711. The molecule has 0 saturated carbocycles. The molecule has 7 heteroatoms. The predicted molar refractivity (Wildman–Crippen MR) is 89.5 cm³/mol. The van der Waals surface area contributed by atoms with E-state index in [0.717, 1.165) is 9.64 Å². The normalized spacial score (nSPS) is 10.1. The summed E-state index contributed by atoms with van der Waals surface area (Å²) in [7, 11) is 0. The first-order valence-corrected chi connectivity index (χ1v) is 7.59. The second-order valence-corrected chi connectivity index (χ2v) is 5.80. The van der Waals surface area contributed by atoms with Crippen LogP contribution in [0.3, 0.4) is 0 Å². The van der Waals surface area contributed by atoms with Crippen LogP contribution in [0.4, 0.5) is 10.1 Å². The third-order valence-electron chi connectivity index (χ3n) is 2.63. The van der Waals surface area contributed by atoms with Crippen molar-refractivity contribution in [2.24, 2.45) is 0 Å². The number of ether oxygens (including phenoxy) is 1. The second-order valence-electron chi connectivity index (χ2n) is 4.23. The maximum atomic E-state index is 13.0. The van der Waals surface area contributed by atoms with E-state index in [9.17, 15) is 14.0 Å². The first-order valence-electron chi connectivity index (χ1n) is 6.14. The van der Waals surface area contributed by atoms with Gasteiger partial charge in [0.05, 0.1) is 10.6 Å². The lowest BCUT2D eigenvalue weighted by Crippen LogP contribution is -2.21. The van der Waals surface area contributed by atoms with E-state index in [4.69, 9.17) is 16.3 Å². The lowest BCUT2D eigenvalue weighted by atomic mass is 10.2. The third kappa shape index (κ3) is 4.41. The highest BCUT2D eigenvalue weighted by molar-refractivity contribution is 14.1. The second kappa shape index (κ2) is 7.55. The van der Waals surface area contributed by atoms with Crippen molar-refractivity contribution < 1.29 is 18.7 Å². The van der Waals surface area contributed by atoms with Gasteiger partial charge in [0, 0.05) is 9.26 Å². The van der Waals surface area contributed by atoms with E-state index < -0.39 is 24.3 Å². The van der Waals surface area contributed by atoms with Crippen LogP contribution in [0.25, 0.3) is 0 Å². The van der Waals surface area contributed by atoms with Crippen LogP contribution < -0.4 is 5.32 Å². The van der Waals surface area contributed by atoms with E-state index in [-0.39, 0.29) is 5.02 Å². The molecule has 0 saturated heterocycles. The summed E-state index contributed by atoms with van der Waals surface area (Å²) in [6.07, 6.45) is 0. The van der Waals surface area contributed by atoms with Gasteiger partial charge in [-0.25, -0.2) is 9.18 Å². The van der Waals surface area contributed by atoms with Gasteiger partial charge in [-0.3, -0.25) is 4.79 Å². The maximum absolute atomic E-state index is 13.0. The number of amides is 1. The highest BCUT2D eigenvalue weighted by atomic mass is 127. The molecule has 0 atom stereocenters. The van der Waals surface area contributed by atoms with Crippen LogP contribution in [0.2, 0.25) is 5.02 Å². The first-order chi connectivity index (χ1) is 10.5. The topological polar surface area (TPSA) is 55.4 Å². The Hall–Kier alpha value is -1.67. The van der Waals surface area contributed by atoms with Gasteiger partial charge in [0.1, 0.15) is 5.82 Å². The van der Waals surface area contributed by atoms with Gasteiger partial charge in [-0.2, -0.15) is 0 Å². The van der Waals surface area contributed by atoms with E-state index in [1.807, 2.05) is 22.6 Å². The fourth-order valence-electron chi connectivity index (χ4n) is 1.61. The van der Waals surface area contributed by atoms with E-state index in [1.54, 1.807) is 24.3 Å². The summed E-state index contributed by atoms with van der Waals surface area (Å²) >= 11 is 7.62.